The average Bonchev–Trinajstić information content (AvgIpc) is 1.89. The molecule has 1 rings (SSSR count). The second kappa shape index (κ2) is 2.44. The van der Waals surface area contributed by atoms with Crippen LogP contribution in [0, 0.1) is 5.95 Å². The number of halogens is 1. The molecular formula is C6H7FN2. The van der Waals surface area contributed by atoms with Crippen LogP contribution in [-0.2, 0) is 0 Å². The van der Waals surface area contributed by atoms with Crippen molar-refractivity contribution >= 4 is 5.69 Å². The molecule has 0 radical (unpaired) electrons. The fourth-order valence-electron chi connectivity index (χ4n) is 0.573. The summed E-state index contributed by atoms with van der Waals surface area (Å²) in [5.74, 6) is -0.458. The highest BCUT2D eigenvalue weighted by Crippen LogP contribution is 2.06. The average molecular weight is 126 g/mol. The molecule has 9 heavy (non-hydrogen) atoms. The minimum atomic E-state index is -0.458. The third-order valence-corrected chi connectivity index (χ3v) is 1.03. The van der Waals surface area contributed by atoms with Gasteiger partial charge >= 0.3 is 0 Å². The Hall–Kier alpha value is -1.12. The van der Waals surface area contributed by atoms with E-state index in [1.54, 1.807) is 19.2 Å². The van der Waals surface area contributed by atoms with Crippen molar-refractivity contribution < 1.29 is 4.39 Å². The second-order valence-electron chi connectivity index (χ2n) is 1.59. The van der Waals surface area contributed by atoms with Crippen LogP contribution in [-0.4, -0.2) is 12.0 Å². The zero-order chi connectivity index (χ0) is 6.69. The number of aromatic nitrogens is 1. The molecule has 1 N–H and O–H groups in total. The molecule has 0 saturated carbocycles. The van der Waals surface area contributed by atoms with Crippen molar-refractivity contribution in [2.75, 3.05) is 12.4 Å². The summed E-state index contributed by atoms with van der Waals surface area (Å²) < 4.78 is 12.4. The first-order valence-electron chi connectivity index (χ1n) is 2.63. The van der Waals surface area contributed by atoms with Gasteiger partial charge in [-0.25, -0.2) is 4.98 Å². The van der Waals surface area contributed by atoms with E-state index in [1.165, 1.54) is 6.20 Å². The molecule has 0 aliphatic heterocycles. The summed E-state index contributed by atoms with van der Waals surface area (Å²) in [6, 6.07) is 3.30. The molecular weight excluding hydrogens is 119 g/mol. The number of rotatable bonds is 1. The third-order valence-electron chi connectivity index (χ3n) is 1.03. The maximum Gasteiger partial charge on any atom is 0.236 e. The summed E-state index contributed by atoms with van der Waals surface area (Å²) in [7, 11) is 1.65. The molecule has 0 saturated heterocycles. The first-order chi connectivity index (χ1) is 4.34. The lowest BCUT2D eigenvalue weighted by Crippen LogP contribution is -1.93. The number of hydrogen-bond acceptors (Lipinski definition) is 2. The second-order valence-corrected chi connectivity index (χ2v) is 1.59. The summed E-state index contributed by atoms with van der Waals surface area (Å²) >= 11 is 0. The molecule has 0 spiro atoms. The number of nitrogens with zero attached hydrogens (tertiary/aromatic N) is 1. The van der Waals surface area contributed by atoms with Crippen LogP contribution in [0.15, 0.2) is 18.3 Å². The number of pyridine rings is 1. The van der Waals surface area contributed by atoms with Gasteiger partial charge in [0.15, 0.2) is 0 Å². The molecule has 0 amide bonds. The first-order valence-corrected chi connectivity index (χ1v) is 2.63. The van der Waals surface area contributed by atoms with Gasteiger partial charge in [0.2, 0.25) is 5.95 Å². The minimum absolute atomic E-state index is 0.428. The fourth-order valence-corrected chi connectivity index (χ4v) is 0.573. The molecule has 3 heteroatoms. The lowest BCUT2D eigenvalue weighted by molar-refractivity contribution is 0.588. The smallest absolute Gasteiger partial charge is 0.236 e. The molecule has 1 aromatic heterocycles. The van der Waals surface area contributed by atoms with Gasteiger partial charge in [-0.1, -0.05) is 0 Å². The summed E-state index contributed by atoms with van der Waals surface area (Å²) in [6.07, 6.45) is 1.41. The molecule has 0 aliphatic rings. The number of nitrogens with one attached hydrogen (secondary N) is 1. The highest BCUT2D eigenvalue weighted by atomic mass is 19.1. The zero-order valence-corrected chi connectivity index (χ0v) is 5.06. The van der Waals surface area contributed by atoms with Crippen LogP contribution < -0.4 is 5.32 Å². The van der Waals surface area contributed by atoms with Crippen molar-refractivity contribution in [1.29, 1.82) is 0 Å². The molecule has 0 atom stereocenters. The van der Waals surface area contributed by atoms with E-state index >= 15 is 0 Å². The monoisotopic (exact) mass is 126 g/mol. The van der Waals surface area contributed by atoms with Crippen LogP contribution in [0.5, 0.6) is 0 Å². The molecule has 0 unspecified atom stereocenters. The number of hydrogen-bond donors (Lipinski definition) is 1. The normalized spacial score (nSPS) is 9.11. The topological polar surface area (TPSA) is 24.9 Å². The van der Waals surface area contributed by atoms with E-state index in [9.17, 15) is 4.39 Å². The van der Waals surface area contributed by atoms with Gasteiger partial charge in [-0.2, -0.15) is 4.39 Å². The summed E-state index contributed by atoms with van der Waals surface area (Å²) in [5.41, 5.74) is 0.428. The Morgan fingerprint density at radius 2 is 2.44 bits per heavy atom. The predicted octanol–water partition coefficient (Wildman–Crippen LogP) is 1.26. The van der Waals surface area contributed by atoms with Crippen molar-refractivity contribution in [2.24, 2.45) is 0 Å². The standard InChI is InChI=1S/C6H7FN2/c1-8-5-3-2-4-9-6(5)7/h2-4,8H,1H3. The van der Waals surface area contributed by atoms with E-state index in [1.807, 2.05) is 0 Å². The Morgan fingerprint density at radius 3 is 2.89 bits per heavy atom. The van der Waals surface area contributed by atoms with E-state index in [-0.39, 0.29) is 0 Å². The van der Waals surface area contributed by atoms with E-state index in [0.717, 1.165) is 0 Å². The van der Waals surface area contributed by atoms with Crippen molar-refractivity contribution in [3.63, 3.8) is 0 Å². The van der Waals surface area contributed by atoms with E-state index in [0.29, 0.717) is 5.69 Å². The largest absolute Gasteiger partial charge is 0.384 e. The van der Waals surface area contributed by atoms with Crippen molar-refractivity contribution in [3.8, 4) is 0 Å². The van der Waals surface area contributed by atoms with Gasteiger partial charge in [0, 0.05) is 13.2 Å². The van der Waals surface area contributed by atoms with E-state index in [4.69, 9.17) is 0 Å². The SMILES string of the molecule is CNc1cccnc1F. The Balaban J connectivity index is 3.01. The Morgan fingerprint density at radius 1 is 1.67 bits per heavy atom. The quantitative estimate of drug-likeness (QED) is 0.573. The van der Waals surface area contributed by atoms with Gasteiger partial charge in [-0.15, -0.1) is 0 Å². The van der Waals surface area contributed by atoms with Crippen LogP contribution in [0.3, 0.4) is 0 Å². The molecule has 1 heterocycles. The maximum absolute atomic E-state index is 12.4. The van der Waals surface area contributed by atoms with Gasteiger partial charge in [0.25, 0.3) is 0 Å². The van der Waals surface area contributed by atoms with E-state index in [2.05, 4.69) is 10.3 Å². The minimum Gasteiger partial charge on any atom is -0.384 e. The zero-order valence-electron chi connectivity index (χ0n) is 5.06. The van der Waals surface area contributed by atoms with Crippen LogP contribution in [0.1, 0.15) is 0 Å². The van der Waals surface area contributed by atoms with Gasteiger partial charge in [-0.3, -0.25) is 0 Å². The van der Waals surface area contributed by atoms with Gasteiger partial charge in [0.1, 0.15) is 0 Å². The Labute approximate surface area is 52.7 Å². The van der Waals surface area contributed by atoms with Crippen LogP contribution >= 0.6 is 0 Å². The lowest BCUT2D eigenvalue weighted by atomic mass is 10.4. The molecule has 0 aliphatic carbocycles. The van der Waals surface area contributed by atoms with Gasteiger partial charge in [-0.05, 0) is 12.1 Å². The van der Waals surface area contributed by atoms with Crippen LogP contribution in [0.25, 0.3) is 0 Å². The highest BCUT2D eigenvalue weighted by Gasteiger charge is 1.95. The van der Waals surface area contributed by atoms with Crippen molar-refractivity contribution in [3.05, 3.63) is 24.3 Å². The molecule has 0 bridgehead atoms. The molecule has 48 valence electrons. The fraction of sp³-hybridized carbons (Fsp3) is 0.167. The summed E-state index contributed by atoms with van der Waals surface area (Å²) in [4.78, 5) is 3.42. The van der Waals surface area contributed by atoms with Crippen molar-refractivity contribution in [2.45, 2.75) is 0 Å². The highest BCUT2D eigenvalue weighted by molar-refractivity contribution is 5.40. The summed E-state index contributed by atoms with van der Waals surface area (Å²) in [5, 5.41) is 2.66. The van der Waals surface area contributed by atoms with Crippen LogP contribution in [0.2, 0.25) is 0 Å². The van der Waals surface area contributed by atoms with Gasteiger partial charge in [0.05, 0.1) is 5.69 Å². The molecule has 2 nitrogen and oxygen atoms in total. The molecule has 1 aromatic rings. The predicted molar refractivity (Wildman–Crippen MR) is 33.7 cm³/mol. The molecule has 0 aromatic carbocycles. The van der Waals surface area contributed by atoms with Crippen LogP contribution in [0.4, 0.5) is 10.1 Å². The Kier molecular flexibility index (Phi) is 1.63. The Bertz CT molecular complexity index is 200. The summed E-state index contributed by atoms with van der Waals surface area (Å²) in [6.45, 7) is 0. The molecule has 0 fully saturated rings. The van der Waals surface area contributed by atoms with E-state index < -0.39 is 5.95 Å². The van der Waals surface area contributed by atoms with Crippen molar-refractivity contribution in [1.82, 2.24) is 4.98 Å². The maximum atomic E-state index is 12.4. The van der Waals surface area contributed by atoms with Gasteiger partial charge < -0.3 is 5.32 Å². The first kappa shape index (κ1) is 6.01. The third kappa shape index (κ3) is 1.16. The lowest BCUT2D eigenvalue weighted by Gasteiger charge is -1.96. The number of anilines is 1.